The number of imidazole rings is 1. The van der Waals surface area contributed by atoms with Crippen molar-refractivity contribution in [2.75, 3.05) is 33.1 Å². The van der Waals surface area contributed by atoms with Crippen LogP contribution >= 0.6 is 0 Å². The van der Waals surface area contributed by atoms with Crippen LogP contribution in [0.25, 0.3) is 11.5 Å². The van der Waals surface area contributed by atoms with E-state index in [1.807, 2.05) is 35.9 Å². The minimum absolute atomic E-state index is 0.0591. The number of hydrogen-bond donors (Lipinski definition) is 0. The summed E-state index contributed by atoms with van der Waals surface area (Å²) in [5.41, 5.74) is 1.69. The maximum Gasteiger partial charge on any atom is 0.214 e. The topological polar surface area (TPSA) is 77.3 Å². The second kappa shape index (κ2) is 6.62. The maximum atomic E-state index is 12.2. The Hall–Kier alpha value is -1.77. The van der Waals surface area contributed by atoms with E-state index in [-0.39, 0.29) is 17.7 Å². The Labute approximate surface area is 142 Å². The predicted octanol–water partition coefficient (Wildman–Crippen LogP) is 1.33. The molecule has 0 amide bonds. The maximum absolute atomic E-state index is 12.2. The highest BCUT2D eigenvalue weighted by atomic mass is 32.2. The Kier molecular flexibility index (Phi) is 4.71. The van der Waals surface area contributed by atoms with Crippen LogP contribution in [0, 0.1) is 12.8 Å². The van der Waals surface area contributed by atoms with Gasteiger partial charge < -0.3 is 9.30 Å². The summed E-state index contributed by atoms with van der Waals surface area (Å²) < 4.78 is 33.3. The number of aromatic nitrogens is 3. The third kappa shape index (κ3) is 3.35. The zero-order valence-electron chi connectivity index (χ0n) is 14.1. The van der Waals surface area contributed by atoms with Gasteiger partial charge in [-0.05, 0) is 19.1 Å². The number of rotatable bonds is 5. The van der Waals surface area contributed by atoms with Crippen molar-refractivity contribution in [3.63, 3.8) is 0 Å². The van der Waals surface area contributed by atoms with E-state index in [0.717, 1.165) is 17.2 Å². The molecule has 1 aliphatic rings. The minimum Gasteiger partial charge on any atom is -0.379 e. The van der Waals surface area contributed by atoms with Crippen molar-refractivity contribution in [2.45, 2.75) is 13.0 Å². The van der Waals surface area contributed by atoms with Crippen LogP contribution < -0.4 is 0 Å². The Balaban J connectivity index is 1.91. The number of hydrogen-bond acceptors (Lipinski definition) is 5. The van der Waals surface area contributed by atoms with Crippen LogP contribution in [0.1, 0.15) is 11.7 Å². The number of pyridine rings is 1. The van der Waals surface area contributed by atoms with Crippen molar-refractivity contribution in [1.29, 1.82) is 0 Å². The lowest BCUT2D eigenvalue weighted by Gasteiger charge is -2.22. The van der Waals surface area contributed by atoms with Crippen LogP contribution in [0.2, 0.25) is 0 Å². The molecule has 3 rings (SSSR count). The summed E-state index contributed by atoms with van der Waals surface area (Å²) in [7, 11) is -0.176. The molecular formula is C16H22N4O3S. The first-order chi connectivity index (χ1) is 11.4. The van der Waals surface area contributed by atoms with Crippen LogP contribution in [0.5, 0.6) is 0 Å². The summed E-state index contributed by atoms with van der Waals surface area (Å²) in [6, 6.07) is 5.71. The molecule has 3 heterocycles. The van der Waals surface area contributed by atoms with Crippen molar-refractivity contribution >= 4 is 10.0 Å². The third-order valence-electron chi connectivity index (χ3n) is 4.29. The zero-order chi connectivity index (χ0) is 17.3. The Morgan fingerprint density at radius 3 is 2.83 bits per heavy atom. The van der Waals surface area contributed by atoms with Gasteiger partial charge in [-0.25, -0.2) is 22.7 Å². The standard InChI is InChI=1S/C16H22N4O3S/c1-12-5-4-6-14(18-12)16-17-7-8-20(16)15-10-23-9-13(15)11-24(21,22)19(2)3/h4-8,13,15H,9-11H2,1-3H3/t13-,15+/m0/s1. The molecule has 8 heteroatoms. The second-order valence-electron chi connectivity index (χ2n) is 6.25. The molecule has 2 atom stereocenters. The van der Waals surface area contributed by atoms with E-state index in [1.54, 1.807) is 20.3 Å². The third-order valence-corrected chi connectivity index (χ3v) is 6.25. The van der Waals surface area contributed by atoms with Crippen LogP contribution in [0.3, 0.4) is 0 Å². The summed E-state index contributed by atoms with van der Waals surface area (Å²) in [5, 5.41) is 0. The van der Waals surface area contributed by atoms with Gasteiger partial charge in [0.25, 0.3) is 0 Å². The monoisotopic (exact) mass is 350 g/mol. The molecule has 1 aliphatic heterocycles. The quantitative estimate of drug-likeness (QED) is 0.813. The van der Waals surface area contributed by atoms with Crippen LogP contribution in [0.15, 0.2) is 30.6 Å². The van der Waals surface area contributed by atoms with E-state index in [2.05, 4.69) is 9.97 Å². The fraction of sp³-hybridized carbons (Fsp3) is 0.500. The molecule has 2 aromatic heterocycles. The zero-order valence-corrected chi connectivity index (χ0v) is 14.9. The fourth-order valence-electron chi connectivity index (χ4n) is 2.92. The molecule has 130 valence electrons. The minimum atomic E-state index is -3.29. The molecule has 7 nitrogen and oxygen atoms in total. The molecule has 0 saturated carbocycles. The second-order valence-corrected chi connectivity index (χ2v) is 8.48. The van der Waals surface area contributed by atoms with Crippen molar-refractivity contribution in [3.05, 3.63) is 36.3 Å². The van der Waals surface area contributed by atoms with E-state index in [9.17, 15) is 8.42 Å². The molecule has 0 N–H and O–H groups in total. The molecular weight excluding hydrogens is 328 g/mol. The normalized spacial score (nSPS) is 21.5. The average molecular weight is 350 g/mol. The predicted molar refractivity (Wildman–Crippen MR) is 91.0 cm³/mol. The van der Waals surface area contributed by atoms with E-state index in [1.165, 1.54) is 4.31 Å². The Morgan fingerprint density at radius 2 is 2.12 bits per heavy atom. The van der Waals surface area contributed by atoms with Crippen molar-refractivity contribution in [1.82, 2.24) is 18.8 Å². The summed E-state index contributed by atoms with van der Waals surface area (Å²) in [6.07, 6.45) is 3.59. The van der Waals surface area contributed by atoms with Crippen LogP contribution in [-0.2, 0) is 14.8 Å². The van der Waals surface area contributed by atoms with Crippen molar-refractivity contribution in [2.24, 2.45) is 5.92 Å². The molecule has 1 saturated heterocycles. The molecule has 1 fully saturated rings. The van der Waals surface area contributed by atoms with Gasteiger partial charge in [0.05, 0.1) is 25.0 Å². The van der Waals surface area contributed by atoms with Gasteiger partial charge in [-0.15, -0.1) is 0 Å². The SMILES string of the molecule is Cc1cccc(-c2nccn2[C@@H]2COC[C@H]2CS(=O)(=O)N(C)C)n1. The summed E-state index contributed by atoms with van der Waals surface area (Å²) in [4.78, 5) is 8.95. The first kappa shape index (κ1) is 17.1. The van der Waals surface area contributed by atoms with E-state index < -0.39 is 10.0 Å². The van der Waals surface area contributed by atoms with Gasteiger partial charge in [-0.1, -0.05) is 6.07 Å². The van der Waals surface area contributed by atoms with Crippen LogP contribution in [0.4, 0.5) is 0 Å². The van der Waals surface area contributed by atoms with E-state index >= 15 is 0 Å². The van der Waals surface area contributed by atoms with E-state index in [4.69, 9.17) is 4.74 Å². The molecule has 0 radical (unpaired) electrons. The van der Waals surface area contributed by atoms with Gasteiger partial charge in [0.1, 0.15) is 5.69 Å². The van der Waals surface area contributed by atoms with Crippen molar-refractivity contribution < 1.29 is 13.2 Å². The highest BCUT2D eigenvalue weighted by Gasteiger charge is 2.35. The number of aryl methyl sites for hydroxylation is 1. The Bertz CT molecular complexity index is 816. The van der Waals surface area contributed by atoms with E-state index in [0.29, 0.717) is 13.2 Å². The molecule has 2 aromatic rings. The molecule has 0 bridgehead atoms. The van der Waals surface area contributed by atoms with Gasteiger partial charge in [0.15, 0.2) is 5.82 Å². The average Bonchev–Trinajstić information content (AvgIpc) is 3.15. The molecule has 0 unspecified atom stereocenters. The lowest BCUT2D eigenvalue weighted by atomic mass is 10.1. The molecule has 0 aromatic carbocycles. The fourth-order valence-corrected chi connectivity index (χ4v) is 4.08. The molecule has 0 spiro atoms. The van der Waals surface area contributed by atoms with Crippen LogP contribution in [-0.4, -0.2) is 60.3 Å². The number of nitrogens with zero attached hydrogens (tertiary/aromatic N) is 4. The van der Waals surface area contributed by atoms with Gasteiger partial charge in [0.2, 0.25) is 10.0 Å². The van der Waals surface area contributed by atoms with Crippen molar-refractivity contribution in [3.8, 4) is 11.5 Å². The molecule has 24 heavy (non-hydrogen) atoms. The first-order valence-corrected chi connectivity index (χ1v) is 9.44. The highest BCUT2D eigenvalue weighted by molar-refractivity contribution is 7.89. The summed E-state index contributed by atoms with van der Waals surface area (Å²) in [5.74, 6) is 0.681. The van der Waals surface area contributed by atoms with Gasteiger partial charge in [0, 0.05) is 38.1 Å². The smallest absolute Gasteiger partial charge is 0.214 e. The number of sulfonamides is 1. The largest absolute Gasteiger partial charge is 0.379 e. The lowest BCUT2D eigenvalue weighted by Crippen LogP contribution is -2.32. The summed E-state index contributed by atoms with van der Waals surface area (Å²) in [6.45, 7) is 2.83. The number of ether oxygens (including phenoxy) is 1. The highest BCUT2D eigenvalue weighted by Crippen LogP contribution is 2.31. The first-order valence-electron chi connectivity index (χ1n) is 7.83. The van der Waals surface area contributed by atoms with Gasteiger partial charge in [-0.2, -0.15) is 0 Å². The lowest BCUT2D eigenvalue weighted by molar-refractivity contribution is 0.182. The Morgan fingerprint density at radius 1 is 1.33 bits per heavy atom. The van der Waals surface area contributed by atoms with Gasteiger partial charge >= 0.3 is 0 Å². The molecule has 0 aliphatic carbocycles. The summed E-state index contributed by atoms with van der Waals surface area (Å²) >= 11 is 0. The van der Waals surface area contributed by atoms with Gasteiger partial charge in [-0.3, -0.25) is 0 Å².